The number of hydrogen-bond acceptors (Lipinski definition) is 2. The molecule has 2 heteroatoms. The van der Waals surface area contributed by atoms with Gasteiger partial charge in [0, 0.05) is 18.1 Å². The van der Waals surface area contributed by atoms with Gasteiger partial charge in [-0.15, -0.1) is 0 Å². The van der Waals surface area contributed by atoms with Gasteiger partial charge in [0.25, 0.3) is 0 Å². The molecule has 1 aliphatic heterocycles. The number of likely N-dealkylation sites (tertiary alicyclic amines) is 1. The van der Waals surface area contributed by atoms with Crippen LogP contribution in [0, 0.1) is 11.8 Å². The molecule has 0 amide bonds. The van der Waals surface area contributed by atoms with Gasteiger partial charge in [0.05, 0.1) is 0 Å². The van der Waals surface area contributed by atoms with Crippen LogP contribution in [0.4, 0.5) is 0 Å². The Morgan fingerprint density at radius 2 is 1.58 bits per heavy atom. The largest absolute Gasteiger partial charge is 0.311 e. The van der Waals surface area contributed by atoms with E-state index in [1.54, 1.807) is 0 Å². The van der Waals surface area contributed by atoms with Gasteiger partial charge in [-0.25, -0.2) is 0 Å². The van der Waals surface area contributed by atoms with Gasteiger partial charge in [-0.05, 0) is 64.5 Å². The third-order valence-corrected chi connectivity index (χ3v) is 5.39. The Morgan fingerprint density at radius 1 is 0.895 bits per heavy atom. The Balaban J connectivity index is 1.73. The van der Waals surface area contributed by atoms with Crippen molar-refractivity contribution in [2.45, 2.75) is 84.3 Å². The Hall–Kier alpha value is -0.0800. The Morgan fingerprint density at radius 3 is 2.16 bits per heavy atom. The molecule has 1 saturated heterocycles. The molecule has 2 unspecified atom stereocenters. The van der Waals surface area contributed by atoms with Crippen molar-refractivity contribution >= 4 is 0 Å². The van der Waals surface area contributed by atoms with Gasteiger partial charge in [0.1, 0.15) is 0 Å². The topological polar surface area (TPSA) is 15.3 Å². The van der Waals surface area contributed by atoms with E-state index < -0.39 is 0 Å². The van der Waals surface area contributed by atoms with Crippen molar-refractivity contribution in [2.75, 3.05) is 13.1 Å². The summed E-state index contributed by atoms with van der Waals surface area (Å²) in [5.41, 5.74) is 0. The van der Waals surface area contributed by atoms with Crippen molar-refractivity contribution in [1.82, 2.24) is 10.2 Å². The minimum absolute atomic E-state index is 0.723. The first-order valence-corrected chi connectivity index (χ1v) is 8.56. The molecule has 1 N–H and O–H groups in total. The molecule has 2 fully saturated rings. The number of rotatable bonds is 4. The molecule has 1 aliphatic carbocycles. The summed E-state index contributed by atoms with van der Waals surface area (Å²) in [5.74, 6) is 1.83. The number of nitrogens with zero attached hydrogens (tertiary/aromatic N) is 1. The van der Waals surface area contributed by atoms with Crippen LogP contribution in [-0.4, -0.2) is 36.1 Å². The van der Waals surface area contributed by atoms with Crippen LogP contribution in [0.2, 0.25) is 0 Å². The van der Waals surface area contributed by atoms with Crippen LogP contribution < -0.4 is 5.32 Å². The predicted octanol–water partition coefficient (Wildman–Crippen LogP) is 3.66. The molecular formula is C17H34N2. The number of piperidine rings is 1. The van der Waals surface area contributed by atoms with E-state index in [0.717, 1.165) is 30.0 Å². The van der Waals surface area contributed by atoms with Crippen molar-refractivity contribution in [3.63, 3.8) is 0 Å². The molecule has 0 aromatic carbocycles. The second-order valence-electron chi connectivity index (χ2n) is 7.44. The number of nitrogens with one attached hydrogen (secondary N) is 1. The molecule has 112 valence electrons. The summed E-state index contributed by atoms with van der Waals surface area (Å²) in [7, 11) is 0. The van der Waals surface area contributed by atoms with Crippen LogP contribution in [0.5, 0.6) is 0 Å². The fraction of sp³-hybridized carbons (Fsp3) is 1.00. The third-order valence-electron chi connectivity index (χ3n) is 5.39. The van der Waals surface area contributed by atoms with E-state index in [-0.39, 0.29) is 0 Å². The summed E-state index contributed by atoms with van der Waals surface area (Å²) in [4.78, 5) is 2.62. The van der Waals surface area contributed by atoms with E-state index in [1.165, 1.54) is 51.6 Å². The lowest BCUT2D eigenvalue weighted by Crippen LogP contribution is -2.49. The molecule has 2 atom stereocenters. The first-order valence-electron chi connectivity index (χ1n) is 8.56. The molecule has 2 rings (SSSR count). The third kappa shape index (κ3) is 4.46. The highest BCUT2D eigenvalue weighted by molar-refractivity contribution is 4.85. The van der Waals surface area contributed by atoms with Crippen LogP contribution in [-0.2, 0) is 0 Å². The summed E-state index contributed by atoms with van der Waals surface area (Å²) < 4.78 is 0. The average Bonchev–Trinajstić information content (AvgIpc) is 2.39. The summed E-state index contributed by atoms with van der Waals surface area (Å²) in [5, 5.41) is 3.98. The van der Waals surface area contributed by atoms with Gasteiger partial charge in [0.15, 0.2) is 0 Å². The second-order valence-corrected chi connectivity index (χ2v) is 7.44. The lowest BCUT2D eigenvalue weighted by Gasteiger charge is -2.39. The maximum absolute atomic E-state index is 3.98. The van der Waals surface area contributed by atoms with Crippen molar-refractivity contribution < 1.29 is 0 Å². The standard InChI is InChI=1S/C17H34N2/c1-13(2)15-6-5-7-17(12-15)18-16-8-10-19(11-9-16)14(3)4/h13-18H,5-12H2,1-4H3. The molecule has 1 saturated carbocycles. The maximum Gasteiger partial charge on any atom is 0.00940 e. The van der Waals surface area contributed by atoms with Gasteiger partial charge in [-0.2, -0.15) is 0 Å². The van der Waals surface area contributed by atoms with Crippen LogP contribution in [0.15, 0.2) is 0 Å². The lowest BCUT2D eigenvalue weighted by atomic mass is 9.79. The van der Waals surface area contributed by atoms with Gasteiger partial charge in [0.2, 0.25) is 0 Å². The zero-order valence-corrected chi connectivity index (χ0v) is 13.5. The molecule has 2 nitrogen and oxygen atoms in total. The molecule has 0 aromatic heterocycles. The molecule has 0 radical (unpaired) electrons. The zero-order valence-electron chi connectivity index (χ0n) is 13.5. The average molecular weight is 266 g/mol. The predicted molar refractivity (Wildman–Crippen MR) is 83.5 cm³/mol. The quantitative estimate of drug-likeness (QED) is 0.835. The summed E-state index contributed by atoms with van der Waals surface area (Å²) >= 11 is 0. The van der Waals surface area contributed by atoms with E-state index >= 15 is 0 Å². The Bertz CT molecular complexity index is 254. The van der Waals surface area contributed by atoms with E-state index in [4.69, 9.17) is 0 Å². The fourth-order valence-electron chi connectivity index (χ4n) is 3.90. The van der Waals surface area contributed by atoms with E-state index in [9.17, 15) is 0 Å². The summed E-state index contributed by atoms with van der Waals surface area (Å²) in [6, 6.07) is 2.31. The van der Waals surface area contributed by atoms with Crippen LogP contribution in [0.1, 0.15) is 66.2 Å². The highest BCUT2D eigenvalue weighted by Crippen LogP contribution is 2.30. The van der Waals surface area contributed by atoms with E-state index in [0.29, 0.717) is 0 Å². The molecule has 2 aliphatic rings. The first kappa shape index (κ1) is 15.3. The fourth-order valence-corrected chi connectivity index (χ4v) is 3.90. The van der Waals surface area contributed by atoms with Crippen LogP contribution >= 0.6 is 0 Å². The molecule has 0 aromatic rings. The van der Waals surface area contributed by atoms with E-state index in [2.05, 4.69) is 37.9 Å². The van der Waals surface area contributed by atoms with Gasteiger partial charge in [-0.3, -0.25) is 0 Å². The van der Waals surface area contributed by atoms with Gasteiger partial charge < -0.3 is 10.2 Å². The molecule has 0 bridgehead atoms. The molecule has 0 spiro atoms. The van der Waals surface area contributed by atoms with Crippen LogP contribution in [0.25, 0.3) is 0 Å². The maximum atomic E-state index is 3.98. The second kappa shape index (κ2) is 7.08. The molecular weight excluding hydrogens is 232 g/mol. The summed E-state index contributed by atoms with van der Waals surface area (Å²) in [6.07, 6.45) is 8.42. The number of hydrogen-bond donors (Lipinski definition) is 1. The zero-order chi connectivity index (χ0) is 13.8. The normalized spacial score (nSPS) is 31.3. The smallest absolute Gasteiger partial charge is 0.00940 e. The minimum atomic E-state index is 0.723. The molecule has 1 heterocycles. The van der Waals surface area contributed by atoms with Crippen molar-refractivity contribution in [2.24, 2.45) is 11.8 Å². The van der Waals surface area contributed by atoms with E-state index in [1.807, 2.05) is 0 Å². The summed E-state index contributed by atoms with van der Waals surface area (Å²) in [6.45, 7) is 12.0. The monoisotopic (exact) mass is 266 g/mol. The van der Waals surface area contributed by atoms with Crippen molar-refractivity contribution in [3.8, 4) is 0 Å². The Kier molecular flexibility index (Phi) is 5.70. The van der Waals surface area contributed by atoms with Crippen molar-refractivity contribution in [1.29, 1.82) is 0 Å². The first-order chi connectivity index (χ1) is 9.06. The Labute approximate surface area is 120 Å². The molecule has 19 heavy (non-hydrogen) atoms. The SMILES string of the molecule is CC(C)C1CCCC(NC2CCN(C(C)C)CC2)C1. The van der Waals surface area contributed by atoms with Crippen molar-refractivity contribution in [3.05, 3.63) is 0 Å². The highest BCUT2D eigenvalue weighted by Gasteiger charge is 2.27. The highest BCUT2D eigenvalue weighted by atomic mass is 15.2. The lowest BCUT2D eigenvalue weighted by molar-refractivity contribution is 0.144. The van der Waals surface area contributed by atoms with Crippen LogP contribution in [0.3, 0.4) is 0 Å². The van der Waals surface area contributed by atoms with Gasteiger partial charge in [-0.1, -0.05) is 26.7 Å². The minimum Gasteiger partial charge on any atom is -0.311 e. The van der Waals surface area contributed by atoms with Gasteiger partial charge >= 0.3 is 0 Å².